The Kier molecular flexibility index (Phi) is 6.59. The Hall–Kier alpha value is -3.65. The molecule has 0 unspecified atom stereocenters. The monoisotopic (exact) mass is 418 g/mol. The van der Waals surface area contributed by atoms with E-state index in [4.69, 9.17) is 4.74 Å². The Balaban J connectivity index is 1.33. The minimum absolute atomic E-state index is 0.387. The Morgan fingerprint density at radius 1 is 0.968 bits per heavy atom. The lowest BCUT2D eigenvalue weighted by atomic mass is 10.2. The molecule has 2 aromatic carbocycles. The summed E-state index contributed by atoms with van der Waals surface area (Å²) in [4.78, 5) is 25.6. The molecule has 2 amide bonds. The standard InChI is InChI=1S/C23H26N6O2/c1-31-20-10-6-5-9-19(20)26-23(30)27-21-15-22(25-17-24-21)29-13-11-28(12-14-29)16-18-7-3-2-4-8-18/h2-10,15,17H,11-14,16H2,1H3,(H2,24,25,26,27,30). The quantitative estimate of drug-likeness (QED) is 0.638. The van der Waals surface area contributed by atoms with Crippen molar-refractivity contribution in [3.05, 3.63) is 72.6 Å². The number of methoxy groups -OCH3 is 1. The van der Waals surface area contributed by atoms with Gasteiger partial charge in [0.15, 0.2) is 0 Å². The van der Waals surface area contributed by atoms with Crippen LogP contribution in [0.1, 0.15) is 5.56 Å². The van der Waals surface area contributed by atoms with Crippen LogP contribution in [0.2, 0.25) is 0 Å². The van der Waals surface area contributed by atoms with Crippen molar-refractivity contribution in [2.75, 3.05) is 48.8 Å². The zero-order chi connectivity index (χ0) is 21.5. The maximum atomic E-state index is 12.4. The predicted molar refractivity (Wildman–Crippen MR) is 122 cm³/mol. The number of rotatable bonds is 6. The lowest BCUT2D eigenvalue weighted by molar-refractivity contribution is 0.249. The van der Waals surface area contributed by atoms with Crippen LogP contribution in [0.3, 0.4) is 0 Å². The fraction of sp³-hybridized carbons (Fsp3) is 0.261. The third-order valence-corrected chi connectivity index (χ3v) is 5.19. The van der Waals surface area contributed by atoms with Gasteiger partial charge in [-0.3, -0.25) is 10.2 Å². The summed E-state index contributed by atoms with van der Waals surface area (Å²) in [6.07, 6.45) is 1.48. The highest BCUT2D eigenvalue weighted by molar-refractivity contribution is 6.00. The number of amides is 2. The van der Waals surface area contributed by atoms with E-state index in [1.807, 2.05) is 18.2 Å². The second-order valence-electron chi connectivity index (χ2n) is 7.29. The topological polar surface area (TPSA) is 82.6 Å². The number of carbonyl (C=O) groups excluding carboxylic acids is 1. The number of para-hydroxylation sites is 2. The van der Waals surface area contributed by atoms with E-state index in [0.29, 0.717) is 17.3 Å². The minimum atomic E-state index is -0.387. The van der Waals surface area contributed by atoms with Crippen LogP contribution in [0.5, 0.6) is 5.75 Å². The highest BCUT2D eigenvalue weighted by Crippen LogP contribution is 2.23. The van der Waals surface area contributed by atoms with Crippen molar-refractivity contribution in [1.82, 2.24) is 14.9 Å². The molecule has 0 radical (unpaired) electrons. The number of benzene rings is 2. The van der Waals surface area contributed by atoms with E-state index in [0.717, 1.165) is 38.5 Å². The van der Waals surface area contributed by atoms with Crippen LogP contribution in [-0.4, -0.2) is 54.2 Å². The van der Waals surface area contributed by atoms with Crippen molar-refractivity contribution in [2.45, 2.75) is 6.54 Å². The predicted octanol–water partition coefficient (Wildman–Crippen LogP) is 3.45. The van der Waals surface area contributed by atoms with Crippen LogP contribution < -0.4 is 20.3 Å². The van der Waals surface area contributed by atoms with Gasteiger partial charge >= 0.3 is 6.03 Å². The molecule has 8 heteroatoms. The lowest BCUT2D eigenvalue weighted by Crippen LogP contribution is -2.46. The van der Waals surface area contributed by atoms with Crippen molar-refractivity contribution in [3.63, 3.8) is 0 Å². The maximum absolute atomic E-state index is 12.4. The van der Waals surface area contributed by atoms with Gasteiger partial charge < -0.3 is 15.0 Å². The molecule has 31 heavy (non-hydrogen) atoms. The molecule has 0 bridgehead atoms. The summed E-state index contributed by atoms with van der Waals surface area (Å²) in [5.41, 5.74) is 1.91. The largest absolute Gasteiger partial charge is 0.495 e. The number of nitrogens with one attached hydrogen (secondary N) is 2. The van der Waals surface area contributed by atoms with Crippen molar-refractivity contribution in [1.29, 1.82) is 0 Å². The first-order chi connectivity index (χ1) is 15.2. The Bertz CT molecular complexity index is 1010. The second kappa shape index (κ2) is 9.90. The van der Waals surface area contributed by atoms with Gasteiger partial charge in [-0.1, -0.05) is 42.5 Å². The van der Waals surface area contributed by atoms with Crippen molar-refractivity contribution in [3.8, 4) is 5.75 Å². The highest BCUT2D eigenvalue weighted by Gasteiger charge is 2.19. The normalized spacial score (nSPS) is 14.2. The molecule has 8 nitrogen and oxygen atoms in total. The van der Waals surface area contributed by atoms with E-state index in [1.165, 1.54) is 11.9 Å². The molecule has 0 saturated carbocycles. The molecule has 3 aromatic rings. The van der Waals surface area contributed by atoms with Crippen LogP contribution in [0, 0.1) is 0 Å². The van der Waals surface area contributed by atoms with Crippen LogP contribution in [0.25, 0.3) is 0 Å². The average Bonchev–Trinajstić information content (AvgIpc) is 2.81. The number of hydrogen-bond donors (Lipinski definition) is 2. The van der Waals surface area contributed by atoms with Crippen molar-refractivity contribution >= 4 is 23.4 Å². The molecule has 0 atom stereocenters. The summed E-state index contributed by atoms with van der Waals surface area (Å²) in [6.45, 7) is 4.60. The summed E-state index contributed by atoms with van der Waals surface area (Å²) in [5.74, 6) is 1.85. The molecule has 1 saturated heterocycles. The van der Waals surface area contributed by atoms with Gasteiger partial charge in [-0.15, -0.1) is 0 Å². The van der Waals surface area contributed by atoms with Gasteiger partial charge in [0.2, 0.25) is 0 Å². The fourth-order valence-corrected chi connectivity index (χ4v) is 3.58. The summed E-state index contributed by atoms with van der Waals surface area (Å²) < 4.78 is 5.26. The Morgan fingerprint density at radius 3 is 2.48 bits per heavy atom. The zero-order valence-corrected chi connectivity index (χ0v) is 17.5. The summed E-state index contributed by atoms with van der Waals surface area (Å²) in [5, 5.41) is 5.55. The van der Waals surface area contributed by atoms with Crippen molar-refractivity contribution < 1.29 is 9.53 Å². The summed E-state index contributed by atoms with van der Waals surface area (Å²) >= 11 is 0. The molecule has 2 heterocycles. The number of carbonyl (C=O) groups is 1. The molecule has 1 fully saturated rings. The molecular formula is C23H26N6O2. The van der Waals surface area contributed by atoms with Gasteiger partial charge in [0, 0.05) is 38.8 Å². The van der Waals surface area contributed by atoms with Gasteiger partial charge in [0.05, 0.1) is 12.8 Å². The first-order valence-electron chi connectivity index (χ1n) is 10.3. The molecular weight excluding hydrogens is 392 g/mol. The number of urea groups is 1. The van der Waals surface area contributed by atoms with Gasteiger partial charge in [0.1, 0.15) is 23.7 Å². The zero-order valence-electron chi connectivity index (χ0n) is 17.5. The first-order valence-corrected chi connectivity index (χ1v) is 10.3. The van der Waals surface area contributed by atoms with Crippen molar-refractivity contribution in [2.24, 2.45) is 0 Å². The number of hydrogen-bond acceptors (Lipinski definition) is 6. The fourth-order valence-electron chi connectivity index (χ4n) is 3.58. The van der Waals surface area contributed by atoms with E-state index in [-0.39, 0.29) is 6.03 Å². The second-order valence-corrected chi connectivity index (χ2v) is 7.29. The van der Waals surface area contributed by atoms with E-state index in [9.17, 15) is 4.79 Å². The number of anilines is 3. The molecule has 2 N–H and O–H groups in total. The number of aromatic nitrogens is 2. The number of nitrogens with zero attached hydrogens (tertiary/aromatic N) is 4. The van der Waals surface area contributed by atoms with Crippen LogP contribution >= 0.6 is 0 Å². The Morgan fingerprint density at radius 2 is 1.71 bits per heavy atom. The SMILES string of the molecule is COc1ccccc1NC(=O)Nc1cc(N2CCN(Cc3ccccc3)CC2)ncn1. The van der Waals surface area contributed by atoms with Crippen LogP contribution in [0.4, 0.5) is 22.1 Å². The van der Waals surface area contributed by atoms with E-state index >= 15 is 0 Å². The molecule has 0 spiro atoms. The molecule has 1 aliphatic heterocycles. The Labute approximate surface area is 181 Å². The van der Waals surface area contributed by atoms with E-state index < -0.39 is 0 Å². The van der Waals surface area contributed by atoms with Crippen LogP contribution in [0.15, 0.2) is 67.0 Å². The van der Waals surface area contributed by atoms with Gasteiger partial charge in [-0.2, -0.15) is 0 Å². The van der Waals surface area contributed by atoms with Crippen LogP contribution in [-0.2, 0) is 6.54 Å². The third-order valence-electron chi connectivity index (χ3n) is 5.19. The summed E-state index contributed by atoms with van der Waals surface area (Å²) in [6, 6.07) is 19.2. The first kappa shape index (κ1) is 20.6. The molecule has 1 aromatic heterocycles. The average molecular weight is 419 g/mol. The van der Waals surface area contributed by atoms with Gasteiger partial charge in [-0.05, 0) is 17.7 Å². The lowest BCUT2D eigenvalue weighted by Gasteiger charge is -2.35. The molecule has 0 aliphatic carbocycles. The smallest absolute Gasteiger partial charge is 0.324 e. The molecule has 4 rings (SSSR count). The molecule has 160 valence electrons. The maximum Gasteiger partial charge on any atom is 0.324 e. The van der Waals surface area contributed by atoms with E-state index in [2.05, 4.69) is 54.7 Å². The minimum Gasteiger partial charge on any atom is -0.495 e. The molecule has 1 aliphatic rings. The number of ether oxygens (including phenoxy) is 1. The highest BCUT2D eigenvalue weighted by atomic mass is 16.5. The van der Waals surface area contributed by atoms with Gasteiger partial charge in [-0.25, -0.2) is 14.8 Å². The van der Waals surface area contributed by atoms with E-state index in [1.54, 1.807) is 25.3 Å². The van der Waals surface area contributed by atoms with Gasteiger partial charge in [0.25, 0.3) is 0 Å². The number of piperazine rings is 1. The third kappa shape index (κ3) is 5.49. The summed E-state index contributed by atoms with van der Waals surface area (Å²) in [7, 11) is 1.56.